The van der Waals surface area contributed by atoms with Gasteiger partial charge in [-0.2, -0.15) is 0 Å². The van der Waals surface area contributed by atoms with E-state index in [-0.39, 0.29) is 5.69 Å². The summed E-state index contributed by atoms with van der Waals surface area (Å²) in [4.78, 5) is 19.2. The van der Waals surface area contributed by atoms with Gasteiger partial charge in [-0.05, 0) is 53.6 Å². The molecular weight excluding hydrogens is 362 g/mol. The van der Waals surface area contributed by atoms with Gasteiger partial charge in [0.25, 0.3) is 0 Å². The molecule has 29 heavy (non-hydrogen) atoms. The Kier molecular flexibility index (Phi) is 4.06. The van der Waals surface area contributed by atoms with Gasteiger partial charge in [0.1, 0.15) is 11.6 Å². The van der Waals surface area contributed by atoms with E-state index in [1.165, 1.54) is 0 Å². The highest BCUT2D eigenvalue weighted by molar-refractivity contribution is 5.83. The zero-order valence-electron chi connectivity index (χ0n) is 15.8. The molecule has 0 aliphatic carbocycles. The summed E-state index contributed by atoms with van der Waals surface area (Å²) in [5.74, 6) is 1.54. The van der Waals surface area contributed by atoms with Gasteiger partial charge in [-0.1, -0.05) is 42.5 Å². The lowest BCUT2D eigenvalue weighted by Gasteiger charge is -2.06. The molecule has 2 heterocycles. The molecule has 0 saturated carbocycles. The molecule has 0 spiro atoms. The third kappa shape index (κ3) is 2.93. The molecule has 0 bridgehead atoms. The molecule has 3 aromatic carbocycles. The zero-order valence-corrected chi connectivity index (χ0v) is 15.8. The molecular formula is C24H19N3O2. The van der Waals surface area contributed by atoms with E-state index >= 15 is 0 Å². The first-order valence-corrected chi connectivity index (χ1v) is 9.37. The first-order valence-electron chi connectivity index (χ1n) is 9.37. The number of methoxy groups -OCH3 is 1. The van der Waals surface area contributed by atoms with E-state index < -0.39 is 0 Å². The number of para-hydroxylation sites is 2. The van der Waals surface area contributed by atoms with E-state index in [2.05, 4.69) is 16.0 Å². The molecule has 5 rings (SSSR count). The molecule has 0 saturated heterocycles. The number of benzene rings is 3. The van der Waals surface area contributed by atoms with Gasteiger partial charge < -0.3 is 14.7 Å². The van der Waals surface area contributed by atoms with Crippen molar-refractivity contribution < 1.29 is 4.74 Å². The molecule has 0 amide bonds. The van der Waals surface area contributed by atoms with Gasteiger partial charge in [-0.25, -0.2) is 9.36 Å². The quantitative estimate of drug-likeness (QED) is 0.461. The van der Waals surface area contributed by atoms with E-state index in [1.807, 2.05) is 78.9 Å². The number of aromatic amines is 2. The number of nitrogens with zero attached hydrogens (tertiary/aromatic N) is 1. The summed E-state index contributed by atoms with van der Waals surface area (Å²) in [5, 5.41) is 0. The van der Waals surface area contributed by atoms with E-state index in [4.69, 9.17) is 4.74 Å². The molecule has 5 nitrogen and oxygen atoms in total. The monoisotopic (exact) mass is 381 g/mol. The SMILES string of the molecule is COc1ccc(-c2cc(-c3ccccc3)c(-n3c(=O)[nH]c4ccccc43)[nH]2)cc1. The van der Waals surface area contributed by atoms with Crippen molar-refractivity contribution in [3.63, 3.8) is 0 Å². The Morgan fingerprint density at radius 2 is 1.52 bits per heavy atom. The van der Waals surface area contributed by atoms with Crippen LogP contribution in [0.15, 0.2) is 89.7 Å². The topological polar surface area (TPSA) is 62.8 Å². The molecule has 0 atom stereocenters. The van der Waals surface area contributed by atoms with Gasteiger partial charge in [-0.15, -0.1) is 0 Å². The summed E-state index contributed by atoms with van der Waals surface area (Å²) < 4.78 is 6.97. The number of rotatable bonds is 4. The fourth-order valence-electron chi connectivity index (χ4n) is 3.66. The van der Waals surface area contributed by atoms with E-state index in [1.54, 1.807) is 11.7 Å². The maximum Gasteiger partial charge on any atom is 0.332 e. The third-order valence-corrected chi connectivity index (χ3v) is 5.10. The van der Waals surface area contributed by atoms with E-state index in [0.29, 0.717) is 0 Å². The summed E-state index contributed by atoms with van der Waals surface area (Å²) in [7, 11) is 1.65. The molecule has 0 unspecified atom stereocenters. The average molecular weight is 381 g/mol. The van der Waals surface area contributed by atoms with Crippen LogP contribution in [0.5, 0.6) is 5.75 Å². The number of hydrogen-bond acceptors (Lipinski definition) is 2. The first kappa shape index (κ1) is 17.1. The summed E-state index contributed by atoms with van der Waals surface area (Å²) >= 11 is 0. The smallest absolute Gasteiger partial charge is 0.332 e. The molecule has 5 aromatic rings. The summed E-state index contributed by atoms with van der Waals surface area (Å²) in [5.41, 5.74) is 5.40. The van der Waals surface area contributed by atoms with Crippen LogP contribution in [0.2, 0.25) is 0 Å². The van der Waals surface area contributed by atoms with Gasteiger partial charge in [-0.3, -0.25) is 0 Å². The summed E-state index contributed by atoms with van der Waals surface area (Å²) in [6.45, 7) is 0. The Hall–Kier alpha value is -3.99. The fourth-order valence-corrected chi connectivity index (χ4v) is 3.66. The highest BCUT2D eigenvalue weighted by Crippen LogP contribution is 2.33. The van der Waals surface area contributed by atoms with Crippen molar-refractivity contribution in [2.24, 2.45) is 0 Å². The lowest BCUT2D eigenvalue weighted by atomic mass is 10.1. The zero-order chi connectivity index (χ0) is 19.8. The lowest BCUT2D eigenvalue weighted by Crippen LogP contribution is -2.15. The summed E-state index contributed by atoms with van der Waals surface area (Å²) in [6.07, 6.45) is 0. The number of hydrogen-bond donors (Lipinski definition) is 2. The Balaban J connectivity index is 1.76. The van der Waals surface area contributed by atoms with Crippen molar-refractivity contribution >= 4 is 11.0 Å². The van der Waals surface area contributed by atoms with Gasteiger partial charge in [0.2, 0.25) is 0 Å². The third-order valence-electron chi connectivity index (χ3n) is 5.10. The normalized spacial score (nSPS) is 11.1. The summed E-state index contributed by atoms with van der Waals surface area (Å²) in [6, 6.07) is 27.7. The Morgan fingerprint density at radius 3 is 2.28 bits per heavy atom. The molecule has 0 aliphatic heterocycles. The number of ether oxygens (including phenoxy) is 1. The highest BCUT2D eigenvalue weighted by Gasteiger charge is 2.17. The molecule has 2 aromatic heterocycles. The maximum absolute atomic E-state index is 12.8. The molecule has 2 N–H and O–H groups in total. The predicted octanol–water partition coefficient (Wildman–Crippen LogP) is 4.99. The van der Waals surface area contributed by atoms with E-state index in [0.717, 1.165) is 45.0 Å². The molecule has 0 fully saturated rings. The van der Waals surface area contributed by atoms with Crippen LogP contribution in [0.25, 0.3) is 39.2 Å². The fraction of sp³-hybridized carbons (Fsp3) is 0.0417. The Labute approximate surface area is 167 Å². The number of fused-ring (bicyclic) bond motifs is 1. The van der Waals surface area contributed by atoms with Crippen molar-refractivity contribution in [1.82, 2.24) is 14.5 Å². The van der Waals surface area contributed by atoms with Crippen LogP contribution in [0.3, 0.4) is 0 Å². The Morgan fingerprint density at radius 1 is 0.793 bits per heavy atom. The highest BCUT2D eigenvalue weighted by atomic mass is 16.5. The van der Waals surface area contributed by atoms with Crippen molar-refractivity contribution in [2.45, 2.75) is 0 Å². The van der Waals surface area contributed by atoms with Crippen LogP contribution >= 0.6 is 0 Å². The maximum atomic E-state index is 12.8. The minimum Gasteiger partial charge on any atom is -0.497 e. The first-order chi connectivity index (χ1) is 14.2. The van der Waals surface area contributed by atoms with Crippen LogP contribution in [0.1, 0.15) is 0 Å². The minimum atomic E-state index is -0.175. The van der Waals surface area contributed by atoms with Gasteiger partial charge in [0, 0.05) is 11.3 Å². The van der Waals surface area contributed by atoms with Crippen LogP contribution in [-0.2, 0) is 0 Å². The molecule has 0 radical (unpaired) electrons. The second-order valence-corrected chi connectivity index (χ2v) is 6.82. The van der Waals surface area contributed by atoms with Crippen molar-refractivity contribution in [3.8, 4) is 34.0 Å². The van der Waals surface area contributed by atoms with Gasteiger partial charge in [0.05, 0.1) is 18.1 Å². The molecule has 142 valence electrons. The predicted molar refractivity (Wildman–Crippen MR) is 116 cm³/mol. The van der Waals surface area contributed by atoms with Crippen molar-refractivity contribution in [1.29, 1.82) is 0 Å². The number of H-pyrrole nitrogens is 2. The van der Waals surface area contributed by atoms with Gasteiger partial charge >= 0.3 is 5.69 Å². The standard InChI is InChI=1S/C24H19N3O2/c1-29-18-13-11-17(12-14-18)21-15-19(16-7-3-2-4-8-16)23(25-21)27-22-10-6-5-9-20(22)26-24(27)28/h2-15,25H,1H3,(H,26,28). The number of aromatic nitrogens is 3. The largest absolute Gasteiger partial charge is 0.497 e. The van der Waals surface area contributed by atoms with Crippen LogP contribution in [-0.4, -0.2) is 21.6 Å². The van der Waals surface area contributed by atoms with Crippen LogP contribution < -0.4 is 10.4 Å². The number of imidazole rings is 1. The second-order valence-electron chi connectivity index (χ2n) is 6.82. The minimum absolute atomic E-state index is 0.175. The molecule has 0 aliphatic rings. The molecule has 5 heteroatoms. The van der Waals surface area contributed by atoms with E-state index in [9.17, 15) is 4.79 Å². The lowest BCUT2D eigenvalue weighted by molar-refractivity contribution is 0.415. The van der Waals surface area contributed by atoms with Crippen LogP contribution in [0, 0.1) is 0 Å². The van der Waals surface area contributed by atoms with Crippen molar-refractivity contribution in [2.75, 3.05) is 7.11 Å². The van der Waals surface area contributed by atoms with Gasteiger partial charge in [0.15, 0.2) is 0 Å². The Bertz CT molecular complexity index is 1340. The second kappa shape index (κ2) is 6.87. The number of nitrogens with one attached hydrogen (secondary N) is 2. The van der Waals surface area contributed by atoms with Crippen LogP contribution in [0.4, 0.5) is 0 Å². The van der Waals surface area contributed by atoms with Crippen molar-refractivity contribution in [3.05, 3.63) is 95.4 Å². The average Bonchev–Trinajstić information content (AvgIpc) is 3.34.